The molecule has 0 saturated carbocycles. The van der Waals surface area contributed by atoms with E-state index in [0.717, 1.165) is 13.2 Å². The minimum absolute atomic E-state index is 0.524. The monoisotopic (exact) mass is 192 g/mol. The van der Waals surface area contributed by atoms with Crippen LogP contribution in [-0.2, 0) is 4.74 Å². The molecule has 0 radical (unpaired) electrons. The van der Waals surface area contributed by atoms with E-state index in [9.17, 15) is 0 Å². The van der Waals surface area contributed by atoms with E-state index in [4.69, 9.17) is 4.74 Å². The summed E-state index contributed by atoms with van der Waals surface area (Å²) < 4.78 is 5.51. The van der Waals surface area contributed by atoms with Gasteiger partial charge in [-0.1, -0.05) is 44.2 Å². The number of hydrogen-bond acceptors (Lipinski definition) is 1. The molecule has 0 amide bonds. The van der Waals surface area contributed by atoms with Crippen molar-refractivity contribution in [1.82, 2.24) is 0 Å². The van der Waals surface area contributed by atoms with Gasteiger partial charge in [-0.25, -0.2) is 0 Å². The summed E-state index contributed by atoms with van der Waals surface area (Å²) in [6.45, 7) is 8.17. The van der Waals surface area contributed by atoms with Gasteiger partial charge >= 0.3 is 0 Å². The van der Waals surface area contributed by atoms with Crippen molar-refractivity contribution < 1.29 is 4.74 Å². The largest absolute Gasteiger partial charge is 0.381 e. The maximum atomic E-state index is 5.51. The van der Waals surface area contributed by atoms with Crippen LogP contribution in [0.5, 0.6) is 0 Å². The predicted molar refractivity (Wildman–Crippen MR) is 60.5 cm³/mol. The number of benzene rings is 1. The Morgan fingerprint density at radius 3 is 2.29 bits per heavy atom. The van der Waals surface area contributed by atoms with Gasteiger partial charge in [0, 0.05) is 12.5 Å². The predicted octanol–water partition coefficient (Wildman–Crippen LogP) is 3.46. The molecule has 78 valence electrons. The van der Waals surface area contributed by atoms with Gasteiger partial charge in [0.15, 0.2) is 0 Å². The SMILES string of the molecule is CCOCC(c1ccccc1)C(C)C. The van der Waals surface area contributed by atoms with Crippen molar-refractivity contribution in [2.75, 3.05) is 13.2 Å². The molecule has 0 spiro atoms. The van der Waals surface area contributed by atoms with Crippen LogP contribution in [0.4, 0.5) is 0 Å². The van der Waals surface area contributed by atoms with E-state index in [2.05, 4.69) is 44.2 Å². The molecular weight excluding hydrogens is 172 g/mol. The molecule has 0 aliphatic rings. The van der Waals surface area contributed by atoms with Crippen molar-refractivity contribution >= 4 is 0 Å². The highest BCUT2D eigenvalue weighted by Crippen LogP contribution is 2.24. The average molecular weight is 192 g/mol. The Labute approximate surface area is 87.1 Å². The Balaban J connectivity index is 2.68. The molecule has 0 aromatic heterocycles. The zero-order chi connectivity index (χ0) is 10.4. The second-order valence-electron chi connectivity index (χ2n) is 3.92. The molecule has 0 aliphatic heterocycles. The first-order chi connectivity index (χ1) is 6.75. The van der Waals surface area contributed by atoms with E-state index in [1.54, 1.807) is 0 Å². The molecule has 0 bridgehead atoms. The fourth-order valence-corrected chi connectivity index (χ4v) is 1.62. The summed E-state index contributed by atoms with van der Waals surface area (Å²) >= 11 is 0. The zero-order valence-electron chi connectivity index (χ0n) is 9.36. The van der Waals surface area contributed by atoms with Crippen LogP contribution < -0.4 is 0 Å². The summed E-state index contributed by atoms with van der Waals surface area (Å²) in [5.41, 5.74) is 1.39. The normalized spacial score (nSPS) is 13.1. The molecule has 0 fully saturated rings. The van der Waals surface area contributed by atoms with E-state index >= 15 is 0 Å². The van der Waals surface area contributed by atoms with Crippen LogP contribution in [0.25, 0.3) is 0 Å². The number of hydrogen-bond donors (Lipinski definition) is 0. The van der Waals surface area contributed by atoms with Crippen LogP contribution in [0.2, 0.25) is 0 Å². The molecule has 1 aromatic carbocycles. The number of ether oxygens (including phenoxy) is 1. The topological polar surface area (TPSA) is 9.23 Å². The van der Waals surface area contributed by atoms with Crippen LogP contribution >= 0.6 is 0 Å². The first-order valence-corrected chi connectivity index (χ1v) is 5.38. The lowest BCUT2D eigenvalue weighted by Crippen LogP contribution is -2.13. The summed E-state index contributed by atoms with van der Waals surface area (Å²) in [5, 5.41) is 0. The molecule has 1 heteroatoms. The Kier molecular flexibility index (Phi) is 4.68. The highest BCUT2D eigenvalue weighted by atomic mass is 16.5. The smallest absolute Gasteiger partial charge is 0.0537 e. The molecule has 1 rings (SSSR count). The molecular formula is C13H20O. The van der Waals surface area contributed by atoms with Gasteiger partial charge in [0.25, 0.3) is 0 Å². The van der Waals surface area contributed by atoms with Crippen LogP contribution in [-0.4, -0.2) is 13.2 Å². The van der Waals surface area contributed by atoms with Gasteiger partial charge in [0.05, 0.1) is 6.61 Å². The van der Waals surface area contributed by atoms with Crippen molar-refractivity contribution in [2.45, 2.75) is 26.7 Å². The van der Waals surface area contributed by atoms with Crippen molar-refractivity contribution in [3.05, 3.63) is 35.9 Å². The lowest BCUT2D eigenvalue weighted by molar-refractivity contribution is 0.120. The minimum atomic E-state index is 0.524. The van der Waals surface area contributed by atoms with Gasteiger partial charge in [-0.3, -0.25) is 0 Å². The summed E-state index contributed by atoms with van der Waals surface area (Å²) in [4.78, 5) is 0. The lowest BCUT2D eigenvalue weighted by Gasteiger charge is -2.20. The standard InChI is InChI=1S/C13H20O/c1-4-14-10-13(11(2)3)12-8-6-5-7-9-12/h5-9,11,13H,4,10H2,1-3H3. The third kappa shape index (κ3) is 3.15. The Hall–Kier alpha value is -0.820. The van der Waals surface area contributed by atoms with Gasteiger partial charge in [-0.15, -0.1) is 0 Å². The summed E-state index contributed by atoms with van der Waals surface area (Å²) in [6.07, 6.45) is 0. The molecule has 14 heavy (non-hydrogen) atoms. The summed E-state index contributed by atoms with van der Waals surface area (Å²) in [7, 11) is 0. The highest BCUT2D eigenvalue weighted by molar-refractivity contribution is 5.20. The van der Waals surface area contributed by atoms with Gasteiger partial charge in [0.2, 0.25) is 0 Å². The molecule has 1 unspecified atom stereocenters. The van der Waals surface area contributed by atoms with Crippen molar-refractivity contribution in [2.24, 2.45) is 5.92 Å². The zero-order valence-corrected chi connectivity index (χ0v) is 9.36. The fourth-order valence-electron chi connectivity index (χ4n) is 1.62. The first kappa shape index (κ1) is 11.3. The third-order valence-corrected chi connectivity index (χ3v) is 2.53. The quantitative estimate of drug-likeness (QED) is 0.694. The van der Waals surface area contributed by atoms with E-state index < -0.39 is 0 Å². The molecule has 0 saturated heterocycles. The van der Waals surface area contributed by atoms with Gasteiger partial charge in [0.1, 0.15) is 0 Å². The average Bonchev–Trinajstić information content (AvgIpc) is 2.19. The van der Waals surface area contributed by atoms with E-state index in [0.29, 0.717) is 11.8 Å². The Morgan fingerprint density at radius 1 is 1.14 bits per heavy atom. The molecule has 1 nitrogen and oxygen atoms in total. The van der Waals surface area contributed by atoms with Gasteiger partial charge in [-0.2, -0.15) is 0 Å². The van der Waals surface area contributed by atoms with E-state index in [1.165, 1.54) is 5.56 Å². The van der Waals surface area contributed by atoms with Crippen LogP contribution in [0.15, 0.2) is 30.3 Å². The van der Waals surface area contributed by atoms with Crippen molar-refractivity contribution in [1.29, 1.82) is 0 Å². The Bertz CT molecular complexity index is 241. The van der Waals surface area contributed by atoms with Crippen molar-refractivity contribution in [3.8, 4) is 0 Å². The Morgan fingerprint density at radius 2 is 1.79 bits per heavy atom. The molecule has 0 N–H and O–H groups in total. The number of rotatable bonds is 5. The lowest BCUT2D eigenvalue weighted by atomic mass is 9.89. The fraction of sp³-hybridized carbons (Fsp3) is 0.538. The highest BCUT2D eigenvalue weighted by Gasteiger charge is 2.14. The van der Waals surface area contributed by atoms with Crippen LogP contribution in [0.3, 0.4) is 0 Å². The molecule has 1 atom stereocenters. The summed E-state index contributed by atoms with van der Waals surface area (Å²) in [6, 6.07) is 10.6. The van der Waals surface area contributed by atoms with Gasteiger partial charge in [-0.05, 0) is 18.4 Å². The van der Waals surface area contributed by atoms with Gasteiger partial charge < -0.3 is 4.74 Å². The second kappa shape index (κ2) is 5.82. The third-order valence-electron chi connectivity index (χ3n) is 2.53. The first-order valence-electron chi connectivity index (χ1n) is 5.38. The molecule has 0 heterocycles. The van der Waals surface area contributed by atoms with Crippen LogP contribution in [0, 0.1) is 5.92 Å². The maximum absolute atomic E-state index is 5.51. The van der Waals surface area contributed by atoms with E-state index in [-0.39, 0.29) is 0 Å². The minimum Gasteiger partial charge on any atom is -0.381 e. The second-order valence-corrected chi connectivity index (χ2v) is 3.92. The summed E-state index contributed by atoms with van der Waals surface area (Å²) in [5.74, 6) is 1.15. The molecule has 1 aromatic rings. The van der Waals surface area contributed by atoms with Crippen LogP contribution in [0.1, 0.15) is 32.3 Å². The van der Waals surface area contributed by atoms with Crippen molar-refractivity contribution in [3.63, 3.8) is 0 Å². The maximum Gasteiger partial charge on any atom is 0.0537 e. The van der Waals surface area contributed by atoms with E-state index in [1.807, 2.05) is 6.92 Å². The molecule has 0 aliphatic carbocycles.